The van der Waals surface area contributed by atoms with E-state index in [-0.39, 0.29) is 0 Å². The summed E-state index contributed by atoms with van der Waals surface area (Å²) >= 11 is 0. The highest BCUT2D eigenvalue weighted by molar-refractivity contribution is 5.28. The second-order valence-electron chi connectivity index (χ2n) is 5.25. The Hall–Kier alpha value is -1.08. The normalized spacial score (nSPS) is 33.5. The van der Waals surface area contributed by atoms with Crippen LogP contribution in [0, 0.1) is 0 Å². The molecule has 2 fully saturated rings. The predicted octanol–water partition coefficient (Wildman–Crippen LogP) is 3.76. The van der Waals surface area contributed by atoms with Crippen LogP contribution in [0.25, 0.3) is 0 Å². The molecule has 1 heterocycles. The molecule has 3 atom stereocenters. The Kier molecular flexibility index (Phi) is 3.02. The van der Waals surface area contributed by atoms with Crippen LogP contribution < -0.4 is 0 Å². The molecule has 17 heavy (non-hydrogen) atoms. The number of benzene rings is 1. The average molecular weight is 227 g/mol. The fraction of sp³-hybridized carbons (Fsp3) is 0.500. The minimum absolute atomic E-state index is 0.781. The second-order valence-corrected chi connectivity index (χ2v) is 5.25. The lowest BCUT2D eigenvalue weighted by Crippen LogP contribution is -2.05. The minimum atomic E-state index is 0.781. The van der Waals surface area contributed by atoms with E-state index in [9.17, 15) is 0 Å². The topological polar surface area (TPSA) is 3.01 Å². The van der Waals surface area contributed by atoms with Crippen LogP contribution in [0.15, 0.2) is 42.0 Å². The third-order valence-electron chi connectivity index (χ3n) is 4.08. The van der Waals surface area contributed by atoms with E-state index in [2.05, 4.69) is 48.2 Å². The third kappa shape index (κ3) is 2.16. The van der Waals surface area contributed by atoms with E-state index in [1.54, 1.807) is 5.57 Å². The zero-order valence-corrected chi connectivity index (χ0v) is 10.6. The first-order valence-electron chi connectivity index (χ1n) is 6.88. The zero-order chi connectivity index (χ0) is 11.7. The summed E-state index contributed by atoms with van der Waals surface area (Å²) in [5, 5.41) is 0. The fourth-order valence-electron chi connectivity index (χ4n) is 3.27. The number of likely N-dealkylation sites (tertiary alicyclic amines) is 1. The molecule has 90 valence electrons. The zero-order valence-electron chi connectivity index (χ0n) is 10.6. The molecule has 1 aliphatic heterocycles. The van der Waals surface area contributed by atoms with Crippen molar-refractivity contribution in [2.75, 3.05) is 0 Å². The number of fused-ring (bicyclic) bond motifs is 1. The summed E-state index contributed by atoms with van der Waals surface area (Å²) in [6.45, 7) is 3.39. The van der Waals surface area contributed by atoms with E-state index in [1.165, 1.54) is 31.2 Å². The Morgan fingerprint density at radius 2 is 2.12 bits per heavy atom. The molecule has 3 rings (SSSR count). The first-order chi connectivity index (χ1) is 8.40. The van der Waals surface area contributed by atoms with Gasteiger partial charge in [-0.05, 0) is 31.2 Å². The molecule has 1 saturated heterocycles. The van der Waals surface area contributed by atoms with Gasteiger partial charge in [0.15, 0.2) is 0 Å². The summed E-state index contributed by atoms with van der Waals surface area (Å²) in [7, 11) is 0. The van der Waals surface area contributed by atoms with Gasteiger partial charge in [-0.3, -0.25) is 4.90 Å². The maximum Gasteiger partial charge on any atom is 0.0471 e. The number of allylic oxidation sites excluding steroid dienone is 1. The lowest BCUT2D eigenvalue weighted by atomic mass is 9.94. The third-order valence-corrected chi connectivity index (χ3v) is 4.08. The van der Waals surface area contributed by atoms with Gasteiger partial charge >= 0.3 is 0 Å². The monoisotopic (exact) mass is 227 g/mol. The Balaban J connectivity index is 1.69. The number of hydrogen-bond acceptors (Lipinski definition) is 1. The summed E-state index contributed by atoms with van der Waals surface area (Å²) < 4.78 is 0. The van der Waals surface area contributed by atoms with Gasteiger partial charge in [-0.2, -0.15) is 0 Å². The molecule has 2 aliphatic rings. The molecule has 1 aromatic rings. The standard InChI is InChI=1S/C16H21N/c1-2-7-14-10-6-11-15-16(14)17(15)12-13-8-4-3-5-9-13/h3-5,7-9,15-16H,2,6,10-12H2,1H3/b14-7-. The maximum absolute atomic E-state index is 2.67. The number of hydrogen-bond donors (Lipinski definition) is 0. The molecule has 1 aliphatic carbocycles. The van der Waals surface area contributed by atoms with Gasteiger partial charge in [-0.1, -0.05) is 48.9 Å². The molecular formula is C16H21N. The van der Waals surface area contributed by atoms with Crippen molar-refractivity contribution in [2.24, 2.45) is 0 Å². The van der Waals surface area contributed by atoms with Gasteiger partial charge in [-0.25, -0.2) is 0 Å². The highest BCUT2D eigenvalue weighted by Gasteiger charge is 2.50. The fourth-order valence-corrected chi connectivity index (χ4v) is 3.27. The maximum atomic E-state index is 2.67. The molecule has 1 nitrogen and oxygen atoms in total. The molecule has 0 amide bonds. The second kappa shape index (κ2) is 4.66. The Morgan fingerprint density at radius 3 is 2.88 bits per heavy atom. The Morgan fingerprint density at radius 1 is 1.29 bits per heavy atom. The van der Waals surface area contributed by atoms with Crippen LogP contribution in [0.2, 0.25) is 0 Å². The van der Waals surface area contributed by atoms with Crippen LogP contribution in [0.4, 0.5) is 0 Å². The Bertz CT molecular complexity index is 407. The largest absolute Gasteiger partial charge is 0.286 e. The average Bonchev–Trinajstić information content (AvgIpc) is 3.06. The quantitative estimate of drug-likeness (QED) is 0.561. The van der Waals surface area contributed by atoms with E-state index in [0.29, 0.717) is 0 Å². The lowest BCUT2D eigenvalue weighted by Gasteiger charge is -2.10. The lowest BCUT2D eigenvalue weighted by molar-refractivity contribution is 0.481. The van der Waals surface area contributed by atoms with Crippen molar-refractivity contribution in [3.63, 3.8) is 0 Å². The smallest absolute Gasteiger partial charge is 0.0471 e. The molecule has 3 unspecified atom stereocenters. The Labute approximate surface area is 104 Å². The van der Waals surface area contributed by atoms with Crippen molar-refractivity contribution in [3.8, 4) is 0 Å². The first kappa shape index (κ1) is 11.0. The number of nitrogens with zero attached hydrogens (tertiary/aromatic N) is 1. The molecule has 1 heteroatoms. The molecule has 1 saturated carbocycles. The van der Waals surface area contributed by atoms with E-state index >= 15 is 0 Å². The van der Waals surface area contributed by atoms with Crippen LogP contribution >= 0.6 is 0 Å². The molecule has 1 aromatic carbocycles. The van der Waals surface area contributed by atoms with Crippen molar-refractivity contribution in [1.29, 1.82) is 0 Å². The van der Waals surface area contributed by atoms with Crippen molar-refractivity contribution < 1.29 is 0 Å². The van der Waals surface area contributed by atoms with Gasteiger partial charge in [0.05, 0.1) is 0 Å². The summed E-state index contributed by atoms with van der Waals surface area (Å²) in [5.41, 5.74) is 3.16. The SMILES string of the molecule is CC/C=C1/CCCC2C1N2Cc1ccccc1. The molecule has 0 aromatic heterocycles. The van der Waals surface area contributed by atoms with Crippen molar-refractivity contribution in [3.05, 3.63) is 47.5 Å². The summed E-state index contributed by atoms with van der Waals surface area (Å²) in [5.74, 6) is 0. The van der Waals surface area contributed by atoms with Crippen LogP contribution in [-0.2, 0) is 6.54 Å². The van der Waals surface area contributed by atoms with Gasteiger partial charge < -0.3 is 0 Å². The highest BCUT2D eigenvalue weighted by Crippen LogP contribution is 2.44. The summed E-state index contributed by atoms with van der Waals surface area (Å²) in [6, 6.07) is 12.5. The first-order valence-corrected chi connectivity index (χ1v) is 6.88. The van der Waals surface area contributed by atoms with Crippen LogP contribution in [0.1, 0.15) is 38.2 Å². The van der Waals surface area contributed by atoms with Gasteiger partial charge in [0, 0.05) is 18.6 Å². The van der Waals surface area contributed by atoms with E-state index in [1.807, 2.05) is 0 Å². The summed E-state index contributed by atoms with van der Waals surface area (Å²) in [4.78, 5) is 2.67. The van der Waals surface area contributed by atoms with Crippen LogP contribution in [0.3, 0.4) is 0 Å². The molecule has 0 bridgehead atoms. The van der Waals surface area contributed by atoms with Gasteiger partial charge in [0.2, 0.25) is 0 Å². The van der Waals surface area contributed by atoms with Gasteiger partial charge in [-0.15, -0.1) is 0 Å². The van der Waals surface area contributed by atoms with Gasteiger partial charge in [0.25, 0.3) is 0 Å². The van der Waals surface area contributed by atoms with Crippen molar-refractivity contribution >= 4 is 0 Å². The molecule has 0 radical (unpaired) electrons. The van der Waals surface area contributed by atoms with Crippen molar-refractivity contribution in [1.82, 2.24) is 4.90 Å². The van der Waals surface area contributed by atoms with E-state index < -0.39 is 0 Å². The van der Waals surface area contributed by atoms with Crippen molar-refractivity contribution in [2.45, 2.75) is 51.2 Å². The van der Waals surface area contributed by atoms with Crippen LogP contribution in [0.5, 0.6) is 0 Å². The summed E-state index contributed by atoms with van der Waals surface area (Å²) in [6.07, 6.45) is 7.77. The molecule has 0 spiro atoms. The molecular weight excluding hydrogens is 206 g/mol. The van der Waals surface area contributed by atoms with E-state index in [0.717, 1.165) is 18.6 Å². The van der Waals surface area contributed by atoms with Gasteiger partial charge in [0.1, 0.15) is 0 Å². The molecule has 0 N–H and O–H groups in total. The highest BCUT2D eigenvalue weighted by atomic mass is 15.4. The number of rotatable bonds is 3. The predicted molar refractivity (Wildman–Crippen MR) is 71.8 cm³/mol. The van der Waals surface area contributed by atoms with Crippen LogP contribution in [-0.4, -0.2) is 17.0 Å². The minimum Gasteiger partial charge on any atom is -0.286 e. The van der Waals surface area contributed by atoms with E-state index in [4.69, 9.17) is 0 Å².